The van der Waals surface area contributed by atoms with Crippen molar-refractivity contribution in [3.63, 3.8) is 0 Å². The quantitative estimate of drug-likeness (QED) is 0.300. The molecule has 3 N–H and O–H groups in total. The van der Waals surface area contributed by atoms with Gasteiger partial charge in [-0.15, -0.1) is 3.97 Å². The van der Waals surface area contributed by atoms with E-state index in [9.17, 15) is 18.0 Å². The van der Waals surface area contributed by atoms with Crippen molar-refractivity contribution in [3.8, 4) is 0 Å². The number of benzene rings is 2. The number of amides is 1. The second-order valence-corrected chi connectivity index (χ2v) is 8.64. The van der Waals surface area contributed by atoms with E-state index < -0.39 is 21.6 Å². The SMILES string of the molecule is O=C(CSc1[nH]c2ccccc2[n+]1S(=O)(=O)c1ccccc1)Nn1cn[nH]c1=O. The molecule has 148 valence electrons. The van der Waals surface area contributed by atoms with Gasteiger partial charge in [0, 0.05) is 0 Å². The van der Waals surface area contributed by atoms with E-state index >= 15 is 0 Å². The number of H-pyrrole nitrogens is 2. The van der Waals surface area contributed by atoms with Crippen LogP contribution in [0.2, 0.25) is 0 Å². The predicted molar refractivity (Wildman–Crippen MR) is 105 cm³/mol. The molecular weight excluding hydrogens is 416 g/mol. The van der Waals surface area contributed by atoms with Crippen molar-refractivity contribution in [1.29, 1.82) is 0 Å². The number of carbonyl (C=O) groups excluding carboxylic acids is 1. The Bertz CT molecular complexity index is 1340. The smallest absolute Gasteiger partial charge is 0.272 e. The van der Waals surface area contributed by atoms with Crippen LogP contribution in [0.4, 0.5) is 0 Å². The first kappa shape index (κ1) is 19.0. The minimum Gasteiger partial charge on any atom is -0.272 e. The Kier molecular flexibility index (Phi) is 4.94. The summed E-state index contributed by atoms with van der Waals surface area (Å²) < 4.78 is 28.6. The highest BCUT2D eigenvalue weighted by Crippen LogP contribution is 2.21. The minimum atomic E-state index is -3.89. The maximum atomic E-state index is 13.2. The molecule has 0 bridgehead atoms. The van der Waals surface area contributed by atoms with Crippen LogP contribution in [-0.4, -0.2) is 39.9 Å². The largest absolute Gasteiger partial charge is 0.362 e. The number of para-hydroxylation sites is 2. The van der Waals surface area contributed by atoms with Gasteiger partial charge >= 0.3 is 20.9 Å². The third kappa shape index (κ3) is 3.67. The van der Waals surface area contributed by atoms with Crippen molar-refractivity contribution in [2.75, 3.05) is 11.2 Å². The number of hydrogen-bond acceptors (Lipinski definition) is 6. The summed E-state index contributed by atoms with van der Waals surface area (Å²) in [5, 5.41) is 5.94. The molecule has 0 radical (unpaired) electrons. The van der Waals surface area contributed by atoms with Crippen LogP contribution >= 0.6 is 11.8 Å². The number of aromatic nitrogens is 5. The van der Waals surface area contributed by atoms with Crippen molar-refractivity contribution < 1.29 is 17.2 Å². The normalized spacial score (nSPS) is 11.6. The third-order valence-electron chi connectivity index (χ3n) is 3.97. The molecule has 0 saturated carbocycles. The zero-order chi connectivity index (χ0) is 20.4. The summed E-state index contributed by atoms with van der Waals surface area (Å²) in [5.41, 5.74) is 2.85. The first-order valence-corrected chi connectivity index (χ1v) is 10.8. The summed E-state index contributed by atoms with van der Waals surface area (Å²) in [6.07, 6.45) is 1.13. The van der Waals surface area contributed by atoms with E-state index in [4.69, 9.17) is 0 Å². The van der Waals surface area contributed by atoms with Crippen molar-refractivity contribution in [2.24, 2.45) is 0 Å². The Morgan fingerprint density at radius 3 is 2.59 bits per heavy atom. The molecule has 12 heteroatoms. The number of nitrogens with one attached hydrogen (secondary N) is 3. The Hall–Kier alpha value is -3.38. The van der Waals surface area contributed by atoms with Crippen LogP contribution in [0.5, 0.6) is 0 Å². The van der Waals surface area contributed by atoms with Gasteiger partial charge in [-0.3, -0.25) is 10.2 Å². The molecule has 0 fully saturated rings. The van der Waals surface area contributed by atoms with Crippen LogP contribution < -0.4 is 15.1 Å². The Labute approximate surface area is 168 Å². The highest BCUT2D eigenvalue weighted by Gasteiger charge is 2.31. The maximum Gasteiger partial charge on any atom is 0.362 e. The van der Waals surface area contributed by atoms with Crippen molar-refractivity contribution >= 4 is 38.7 Å². The molecule has 10 nitrogen and oxygen atoms in total. The average molecular weight is 431 g/mol. The van der Waals surface area contributed by atoms with Gasteiger partial charge in [-0.25, -0.2) is 14.9 Å². The minimum absolute atomic E-state index is 0.130. The van der Waals surface area contributed by atoms with Crippen molar-refractivity contribution in [2.45, 2.75) is 10.1 Å². The molecule has 0 saturated heterocycles. The van der Waals surface area contributed by atoms with Gasteiger partial charge in [-0.05, 0) is 36.0 Å². The van der Waals surface area contributed by atoms with Gasteiger partial charge in [0.05, 0.1) is 5.75 Å². The number of hydrogen-bond donors (Lipinski definition) is 3. The number of rotatable bonds is 6. The summed E-state index contributed by atoms with van der Waals surface area (Å²) >= 11 is 1.00. The molecule has 4 aromatic rings. The van der Waals surface area contributed by atoms with E-state index in [1.165, 1.54) is 16.1 Å². The molecule has 1 amide bonds. The summed E-state index contributed by atoms with van der Waals surface area (Å²) in [6, 6.07) is 15.0. The number of aromatic amines is 2. The molecule has 2 heterocycles. The van der Waals surface area contributed by atoms with Gasteiger partial charge in [-0.2, -0.15) is 18.2 Å². The fourth-order valence-electron chi connectivity index (χ4n) is 2.69. The fourth-order valence-corrected chi connectivity index (χ4v) is 5.27. The summed E-state index contributed by atoms with van der Waals surface area (Å²) in [4.78, 5) is 26.8. The average Bonchev–Trinajstić information content (AvgIpc) is 3.30. The van der Waals surface area contributed by atoms with E-state index in [2.05, 4.69) is 20.6 Å². The highest BCUT2D eigenvalue weighted by atomic mass is 32.2. The first-order chi connectivity index (χ1) is 14.0. The monoisotopic (exact) mass is 431 g/mol. The summed E-state index contributed by atoms with van der Waals surface area (Å²) in [6.45, 7) is 0. The van der Waals surface area contributed by atoms with Gasteiger partial charge in [-0.1, -0.05) is 30.3 Å². The van der Waals surface area contributed by atoms with E-state index in [1.54, 1.807) is 42.5 Å². The van der Waals surface area contributed by atoms with Gasteiger partial charge in [0.2, 0.25) is 5.91 Å². The number of carbonyl (C=O) groups is 1. The number of thioether (sulfide) groups is 1. The van der Waals surface area contributed by atoms with E-state index in [-0.39, 0.29) is 15.8 Å². The van der Waals surface area contributed by atoms with Crippen molar-refractivity contribution in [3.05, 3.63) is 71.4 Å². The molecule has 2 aromatic carbocycles. The molecule has 0 atom stereocenters. The van der Waals surface area contributed by atoms with Gasteiger partial charge < -0.3 is 0 Å². The standard InChI is InChI=1S/C17H14N6O4S2/c24-15(21-22-11-18-20-16(22)25)10-28-17-19-13-8-4-5-9-14(13)23(17)29(26,27)12-6-2-1-3-7-12/h1-9,11H,10H2,(H2,20,21,24,25)/p+1. The van der Waals surface area contributed by atoms with Crippen LogP contribution in [0.3, 0.4) is 0 Å². The zero-order valence-corrected chi connectivity index (χ0v) is 16.4. The second kappa shape index (κ2) is 7.56. The van der Waals surface area contributed by atoms with E-state index in [1.807, 2.05) is 0 Å². The van der Waals surface area contributed by atoms with Crippen LogP contribution in [0, 0.1) is 0 Å². The number of imidazole rings is 1. The van der Waals surface area contributed by atoms with Gasteiger partial charge in [0.25, 0.3) is 0 Å². The van der Waals surface area contributed by atoms with E-state index in [0.717, 1.165) is 22.8 Å². The van der Waals surface area contributed by atoms with Crippen LogP contribution in [-0.2, 0) is 14.8 Å². The molecular formula is C17H15N6O4S2+. The van der Waals surface area contributed by atoms with Crippen LogP contribution in [0.15, 0.2) is 75.8 Å². The topological polar surface area (TPSA) is 134 Å². The molecule has 2 aromatic heterocycles. The molecule has 0 unspecified atom stereocenters. The predicted octanol–water partition coefficient (Wildman–Crippen LogP) is 0.440. The van der Waals surface area contributed by atoms with Gasteiger partial charge in [0.1, 0.15) is 11.2 Å². The number of fused-ring (bicyclic) bond motifs is 1. The first-order valence-electron chi connectivity index (χ1n) is 8.35. The van der Waals surface area contributed by atoms with Crippen LogP contribution in [0.25, 0.3) is 11.0 Å². The molecule has 0 aliphatic heterocycles. The highest BCUT2D eigenvalue weighted by molar-refractivity contribution is 8.00. The summed E-state index contributed by atoms with van der Waals surface area (Å²) in [5.74, 6) is -0.629. The molecule has 29 heavy (non-hydrogen) atoms. The molecule has 0 aliphatic carbocycles. The second-order valence-electron chi connectivity index (χ2n) is 5.88. The molecule has 0 aliphatic rings. The fraction of sp³-hybridized carbons (Fsp3) is 0.0588. The lowest BCUT2D eigenvalue weighted by atomic mass is 10.3. The lowest BCUT2D eigenvalue weighted by Crippen LogP contribution is -2.44. The maximum absolute atomic E-state index is 13.2. The van der Waals surface area contributed by atoms with Crippen molar-refractivity contribution in [1.82, 2.24) is 19.9 Å². The zero-order valence-electron chi connectivity index (χ0n) is 14.8. The summed E-state index contributed by atoms with van der Waals surface area (Å²) in [7, 11) is -3.89. The third-order valence-corrected chi connectivity index (χ3v) is 6.78. The Balaban J connectivity index is 1.68. The lowest BCUT2D eigenvalue weighted by molar-refractivity contribution is -0.526. The van der Waals surface area contributed by atoms with Gasteiger partial charge in [0.15, 0.2) is 11.0 Å². The molecule has 4 rings (SSSR count). The molecule has 0 spiro atoms. The lowest BCUT2D eigenvalue weighted by Gasteiger charge is -2.04. The Morgan fingerprint density at radius 1 is 1.14 bits per heavy atom. The number of nitrogens with zero attached hydrogens (tertiary/aromatic N) is 3. The van der Waals surface area contributed by atoms with Crippen LogP contribution in [0.1, 0.15) is 0 Å². The Morgan fingerprint density at radius 2 is 1.86 bits per heavy atom. The van der Waals surface area contributed by atoms with E-state index in [0.29, 0.717) is 11.0 Å².